The predicted molar refractivity (Wildman–Crippen MR) is 194 cm³/mol. The summed E-state index contributed by atoms with van der Waals surface area (Å²) in [5.74, 6) is -1.05. The van der Waals surface area contributed by atoms with Crippen LogP contribution < -0.4 is 21.3 Å². The first-order chi connectivity index (χ1) is 24.2. The Bertz CT molecular complexity index is 1510. The first-order valence-electron chi connectivity index (χ1n) is 17.6. The van der Waals surface area contributed by atoms with Gasteiger partial charge in [0.2, 0.25) is 11.8 Å². The van der Waals surface area contributed by atoms with Gasteiger partial charge in [0, 0.05) is 24.2 Å². The number of carbonyl (C=O) groups excluding carboxylic acids is 4. The number of unbranched alkanes of at least 4 members (excludes halogenated alkanes) is 3. The van der Waals surface area contributed by atoms with Crippen LogP contribution in [0.2, 0.25) is 0 Å². The Morgan fingerprint density at radius 2 is 0.980 bits per heavy atom. The van der Waals surface area contributed by atoms with E-state index in [4.69, 9.17) is 0 Å². The SMILES string of the molecule is CCC(C)[C@H](NC(=O)c1ccc(-c2cnc[nH]2)cc1)C(=O)NCCCCCCNC(=O)[C@@H](NC(=O)c1ccc(-c2cnc[nH]2)cc1)C(C)CC. The molecule has 266 valence electrons. The maximum Gasteiger partial charge on any atom is 0.251 e. The number of aromatic nitrogens is 4. The number of nitrogens with zero attached hydrogens (tertiary/aromatic N) is 2. The maximum absolute atomic E-state index is 13.1. The van der Waals surface area contributed by atoms with Crippen molar-refractivity contribution in [2.24, 2.45) is 11.8 Å². The fraction of sp³-hybridized carbons (Fsp3) is 0.421. The number of imidazole rings is 2. The van der Waals surface area contributed by atoms with E-state index in [9.17, 15) is 19.2 Å². The number of nitrogens with one attached hydrogen (secondary N) is 6. The standard InChI is InChI=1S/C38H50N8O4/c1-5-25(3)33(45-35(47)29-15-11-27(12-16-29)31-21-39-23-43-31)37(49)41-19-9-7-8-10-20-42-38(50)34(26(4)6-2)46-36(48)30-17-13-28(14-18-30)32-22-40-24-44-32/h11-18,21-26,33-34H,5-10,19-20H2,1-4H3,(H,39,43)(H,40,44)(H,41,49)(H,42,50)(H,45,47)(H,46,48)/t25?,26?,33-,34-/m0/s1. The third-order valence-electron chi connectivity index (χ3n) is 9.18. The highest BCUT2D eigenvalue weighted by Gasteiger charge is 2.27. The Balaban J connectivity index is 1.15. The monoisotopic (exact) mass is 682 g/mol. The molecule has 50 heavy (non-hydrogen) atoms. The van der Waals surface area contributed by atoms with Crippen molar-refractivity contribution in [3.63, 3.8) is 0 Å². The summed E-state index contributed by atoms with van der Waals surface area (Å²) in [6.07, 6.45) is 11.4. The van der Waals surface area contributed by atoms with Crippen molar-refractivity contribution in [3.05, 3.63) is 84.7 Å². The van der Waals surface area contributed by atoms with Crippen molar-refractivity contribution in [3.8, 4) is 22.5 Å². The van der Waals surface area contributed by atoms with Gasteiger partial charge in [-0.05, 0) is 60.1 Å². The number of rotatable bonds is 19. The van der Waals surface area contributed by atoms with Crippen LogP contribution in [0.1, 0.15) is 86.9 Å². The van der Waals surface area contributed by atoms with Gasteiger partial charge in [0.05, 0.1) is 36.4 Å². The van der Waals surface area contributed by atoms with Crippen molar-refractivity contribution < 1.29 is 19.2 Å². The van der Waals surface area contributed by atoms with Gasteiger partial charge in [-0.1, -0.05) is 77.6 Å². The van der Waals surface area contributed by atoms with E-state index in [-0.39, 0.29) is 35.5 Å². The molecule has 0 aliphatic heterocycles. The van der Waals surface area contributed by atoms with Crippen LogP contribution in [0.4, 0.5) is 0 Å². The molecule has 0 saturated heterocycles. The van der Waals surface area contributed by atoms with Crippen molar-refractivity contribution >= 4 is 23.6 Å². The van der Waals surface area contributed by atoms with Crippen molar-refractivity contribution in [2.75, 3.05) is 13.1 Å². The molecule has 4 aromatic rings. The molecular formula is C38H50N8O4. The molecule has 2 heterocycles. The number of carbonyl (C=O) groups is 4. The van der Waals surface area contributed by atoms with Crippen LogP contribution in [0.25, 0.3) is 22.5 Å². The quantitative estimate of drug-likeness (QED) is 0.0737. The molecular weight excluding hydrogens is 632 g/mol. The lowest BCUT2D eigenvalue weighted by atomic mass is 9.97. The molecule has 0 bridgehead atoms. The van der Waals surface area contributed by atoms with Crippen molar-refractivity contribution in [2.45, 2.75) is 78.3 Å². The zero-order valence-electron chi connectivity index (χ0n) is 29.4. The largest absolute Gasteiger partial charge is 0.354 e. The summed E-state index contributed by atoms with van der Waals surface area (Å²) in [7, 11) is 0. The minimum Gasteiger partial charge on any atom is -0.354 e. The van der Waals surface area contributed by atoms with Crippen LogP contribution in [0, 0.1) is 11.8 Å². The molecule has 2 aromatic heterocycles. The molecule has 0 aliphatic rings. The van der Waals surface area contributed by atoms with E-state index in [1.54, 1.807) is 49.3 Å². The molecule has 4 atom stereocenters. The summed E-state index contributed by atoms with van der Waals surface area (Å²) in [6, 6.07) is 13.1. The van der Waals surface area contributed by atoms with Gasteiger partial charge >= 0.3 is 0 Å². The normalized spacial score (nSPS) is 13.4. The minimum absolute atomic E-state index is 0.0380. The van der Waals surface area contributed by atoms with Crippen LogP contribution in [-0.4, -0.2) is 68.7 Å². The maximum atomic E-state index is 13.1. The highest BCUT2D eigenvalue weighted by Crippen LogP contribution is 2.19. The number of hydrogen-bond acceptors (Lipinski definition) is 6. The van der Waals surface area contributed by atoms with Gasteiger partial charge in [-0.15, -0.1) is 0 Å². The Kier molecular flexibility index (Phi) is 14.3. The van der Waals surface area contributed by atoms with E-state index in [0.717, 1.165) is 61.0 Å². The minimum atomic E-state index is -0.643. The predicted octanol–water partition coefficient (Wildman–Crippen LogP) is 5.25. The van der Waals surface area contributed by atoms with Crippen molar-refractivity contribution in [1.82, 2.24) is 41.2 Å². The molecule has 2 aromatic carbocycles. The van der Waals surface area contributed by atoms with Gasteiger partial charge in [-0.2, -0.15) is 0 Å². The first kappa shape index (κ1) is 37.6. The molecule has 0 saturated carbocycles. The number of aromatic amines is 2. The van der Waals surface area contributed by atoms with Gasteiger partial charge < -0.3 is 31.2 Å². The lowest BCUT2D eigenvalue weighted by Crippen LogP contribution is -2.50. The zero-order valence-corrected chi connectivity index (χ0v) is 29.4. The fourth-order valence-electron chi connectivity index (χ4n) is 5.53. The van der Waals surface area contributed by atoms with E-state index < -0.39 is 12.1 Å². The van der Waals surface area contributed by atoms with E-state index >= 15 is 0 Å². The highest BCUT2D eigenvalue weighted by atomic mass is 16.2. The number of benzene rings is 2. The molecule has 12 heteroatoms. The van der Waals surface area contributed by atoms with Crippen LogP contribution in [-0.2, 0) is 9.59 Å². The van der Waals surface area contributed by atoms with E-state index in [2.05, 4.69) is 41.2 Å². The van der Waals surface area contributed by atoms with Gasteiger partial charge in [0.15, 0.2) is 0 Å². The Morgan fingerprint density at radius 1 is 0.600 bits per heavy atom. The van der Waals surface area contributed by atoms with Gasteiger partial charge in [0.25, 0.3) is 11.8 Å². The molecule has 0 aliphatic carbocycles. The van der Waals surface area contributed by atoms with Gasteiger partial charge in [0.1, 0.15) is 12.1 Å². The summed E-state index contributed by atoms with van der Waals surface area (Å²) in [4.78, 5) is 66.3. The van der Waals surface area contributed by atoms with Gasteiger partial charge in [-0.3, -0.25) is 19.2 Å². The second-order valence-electron chi connectivity index (χ2n) is 12.8. The lowest BCUT2D eigenvalue weighted by molar-refractivity contribution is -0.124. The average Bonchev–Trinajstić information content (AvgIpc) is 3.89. The van der Waals surface area contributed by atoms with Crippen LogP contribution >= 0.6 is 0 Å². The summed E-state index contributed by atoms with van der Waals surface area (Å²) < 4.78 is 0. The highest BCUT2D eigenvalue weighted by molar-refractivity contribution is 5.98. The molecule has 4 rings (SSSR count). The molecule has 0 radical (unpaired) electrons. The molecule has 6 N–H and O–H groups in total. The molecule has 12 nitrogen and oxygen atoms in total. The summed E-state index contributed by atoms with van der Waals surface area (Å²) in [6.45, 7) is 8.90. The molecule has 2 unspecified atom stereocenters. The van der Waals surface area contributed by atoms with E-state index in [0.29, 0.717) is 24.2 Å². The Morgan fingerprint density at radius 3 is 1.30 bits per heavy atom. The number of hydrogen-bond donors (Lipinski definition) is 6. The molecule has 0 fully saturated rings. The average molecular weight is 683 g/mol. The van der Waals surface area contributed by atoms with Gasteiger partial charge in [-0.25, -0.2) is 9.97 Å². The second kappa shape index (κ2) is 19.1. The molecule has 0 spiro atoms. The van der Waals surface area contributed by atoms with E-state index in [1.807, 2.05) is 52.0 Å². The number of H-pyrrole nitrogens is 2. The van der Waals surface area contributed by atoms with Crippen molar-refractivity contribution in [1.29, 1.82) is 0 Å². The second-order valence-corrected chi connectivity index (χ2v) is 12.8. The molecule has 4 amide bonds. The summed E-state index contributed by atoms with van der Waals surface area (Å²) in [5.41, 5.74) is 4.52. The third-order valence-corrected chi connectivity index (χ3v) is 9.18. The summed E-state index contributed by atoms with van der Waals surface area (Å²) in [5, 5.41) is 11.8. The zero-order chi connectivity index (χ0) is 35.9. The third kappa shape index (κ3) is 10.6. The van der Waals surface area contributed by atoms with Crippen LogP contribution in [0.15, 0.2) is 73.6 Å². The first-order valence-corrected chi connectivity index (χ1v) is 17.6. The number of amides is 4. The topological polar surface area (TPSA) is 174 Å². The fourth-order valence-corrected chi connectivity index (χ4v) is 5.53. The smallest absolute Gasteiger partial charge is 0.251 e. The Labute approximate surface area is 294 Å². The Hall–Kier alpha value is -5.26. The summed E-state index contributed by atoms with van der Waals surface area (Å²) >= 11 is 0. The van der Waals surface area contributed by atoms with Crippen LogP contribution in [0.3, 0.4) is 0 Å². The lowest BCUT2D eigenvalue weighted by Gasteiger charge is -2.24. The van der Waals surface area contributed by atoms with E-state index in [1.165, 1.54) is 0 Å². The van der Waals surface area contributed by atoms with Crippen LogP contribution in [0.5, 0.6) is 0 Å².